The number of hydrogen-bond acceptors (Lipinski definition) is 3. The molecule has 0 aliphatic rings. The molecule has 0 saturated carbocycles. The molecule has 0 aliphatic heterocycles. The highest BCUT2D eigenvalue weighted by Gasteiger charge is 2.21. The van der Waals surface area contributed by atoms with Crippen LogP contribution in [0.4, 0.5) is 0 Å². The number of ether oxygens (including phenoxy) is 1. The summed E-state index contributed by atoms with van der Waals surface area (Å²) in [6, 6.07) is 48.3. The highest BCUT2D eigenvalue weighted by atomic mass is 16.5. The molecule has 0 spiro atoms. The second-order valence-electron chi connectivity index (χ2n) is 11.6. The van der Waals surface area contributed by atoms with Crippen molar-refractivity contribution in [3.63, 3.8) is 0 Å². The van der Waals surface area contributed by atoms with Gasteiger partial charge in [-0.3, -0.25) is 9.55 Å². The van der Waals surface area contributed by atoms with Crippen molar-refractivity contribution in [3.05, 3.63) is 157 Å². The van der Waals surface area contributed by atoms with Gasteiger partial charge in [-0.25, -0.2) is 4.98 Å². The Hall–Kier alpha value is -6.20. The van der Waals surface area contributed by atoms with Crippen LogP contribution in [0.1, 0.15) is 5.56 Å². The summed E-state index contributed by atoms with van der Waals surface area (Å²) in [4.78, 5) is 9.36. The second kappa shape index (κ2) is 10.5. The van der Waals surface area contributed by atoms with E-state index in [9.17, 15) is 0 Å². The molecule has 9 rings (SSSR count). The van der Waals surface area contributed by atoms with Crippen LogP contribution in [0.15, 0.2) is 152 Å². The molecule has 5 aromatic carbocycles. The van der Waals surface area contributed by atoms with Gasteiger partial charge in [-0.1, -0.05) is 54.6 Å². The van der Waals surface area contributed by atoms with E-state index in [-0.39, 0.29) is 0 Å². The third kappa shape index (κ3) is 4.17. The molecule has 4 aromatic heterocycles. The number of aryl methyl sites for hydroxylation is 1. The van der Waals surface area contributed by atoms with Crippen LogP contribution in [-0.4, -0.2) is 19.1 Å². The Kier molecular flexibility index (Phi) is 5.96. The standard InChI is InChI=1S/C41H28N4O/c1-27-21-23-43-39(24-27)45-37-20-19-36-40(32-14-5-6-16-35(32)44(36)29-11-3-2-4-12-29)41(37)33-18-17-31(26-38(33)45)46-30-13-9-10-28(25-30)34-15-7-8-22-42-34/h2-26H,1H3. The summed E-state index contributed by atoms with van der Waals surface area (Å²) in [6.07, 6.45) is 3.69. The number of aromatic nitrogens is 4. The zero-order chi connectivity index (χ0) is 30.6. The smallest absolute Gasteiger partial charge is 0.137 e. The molecule has 4 heterocycles. The molecule has 9 aromatic rings. The summed E-state index contributed by atoms with van der Waals surface area (Å²) in [5.41, 5.74) is 8.70. The Morgan fingerprint density at radius 1 is 0.500 bits per heavy atom. The number of pyridine rings is 2. The van der Waals surface area contributed by atoms with E-state index in [2.05, 4.69) is 118 Å². The van der Waals surface area contributed by atoms with Crippen molar-refractivity contribution in [2.24, 2.45) is 0 Å². The van der Waals surface area contributed by atoms with Crippen LogP contribution in [-0.2, 0) is 0 Å². The summed E-state index contributed by atoms with van der Waals surface area (Å²) in [6.45, 7) is 2.11. The van der Waals surface area contributed by atoms with Crippen LogP contribution >= 0.6 is 0 Å². The van der Waals surface area contributed by atoms with Crippen molar-refractivity contribution in [2.45, 2.75) is 6.92 Å². The summed E-state index contributed by atoms with van der Waals surface area (Å²) in [7, 11) is 0. The first-order valence-corrected chi connectivity index (χ1v) is 15.4. The fourth-order valence-electron chi connectivity index (χ4n) is 6.74. The zero-order valence-electron chi connectivity index (χ0n) is 25.1. The predicted molar refractivity (Wildman–Crippen MR) is 187 cm³/mol. The lowest BCUT2D eigenvalue weighted by atomic mass is 10.1. The summed E-state index contributed by atoms with van der Waals surface area (Å²) >= 11 is 0. The minimum Gasteiger partial charge on any atom is -0.457 e. The molecule has 5 heteroatoms. The number of para-hydroxylation sites is 2. The van der Waals surface area contributed by atoms with Gasteiger partial charge in [0.25, 0.3) is 0 Å². The average molecular weight is 593 g/mol. The van der Waals surface area contributed by atoms with Gasteiger partial charge >= 0.3 is 0 Å². The zero-order valence-corrected chi connectivity index (χ0v) is 25.1. The van der Waals surface area contributed by atoms with Gasteiger partial charge in [0.1, 0.15) is 17.3 Å². The number of fused-ring (bicyclic) bond motifs is 7. The largest absolute Gasteiger partial charge is 0.457 e. The highest BCUT2D eigenvalue weighted by Crippen LogP contribution is 2.43. The third-order valence-corrected chi connectivity index (χ3v) is 8.71. The fraction of sp³-hybridized carbons (Fsp3) is 0.0244. The first-order valence-electron chi connectivity index (χ1n) is 15.4. The van der Waals surface area contributed by atoms with E-state index >= 15 is 0 Å². The molecule has 0 saturated heterocycles. The maximum Gasteiger partial charge on any atom is 0.137 e. The van der Waals surface area contributed by atoms with E-state index in [4.69, 9.17) is 9.72 Å². The number of rotatable bonds is 5. The Morgan fingerprint density at radius 2 is 1.26 bits per heavy atom. The maximum absolute atomic E-state index is 6.51. The minimum atomic E-state index is 0.755. The maximum atomic E-state index is 6.51. The quantitative estimate of drug-likeness (QED) is 0.200. The molecule has 0 fully saturated rings. The number of nitrogens with zero attached hydrogens (tertiary/aromatic N) is 4. The lowest BCUT2D eigenvalue weighted by Crippen LogP contribution is -1.98. The van der Waals surface area contributed by atoms with Crippen molar-refractivity contribution in [1.82, 2.24) is 19.1 Å². The van der Waals surface area contributed by atoms with Crippen LogP contribution in [0.2, 0.25) is 0 Å². The fourth-order valence-corrected chi connectivity index (χ4v) is 6.74. The first-order chi connectivity index (χ1) is 22.7. The Morgan fingerprint density at radius 3 is 2.09 bits per heavy atom. The van der Waals surface area contributed by atoms with Gasteiger partial charge < -0.3 is 9.30 Å². The van der Waals surface area contributed by atoms with E-state index in [0.717, 1.165) is 56.2 Å². The number of hydrogen-bond donors (Lipinski definition) is 0. The Labute approximate surface area is 265 Å². The second-order valence-corrected chi connectivity index (χ2v) is 11.6. The molecular weight excluding hydrogens is 564 g/mol. The van der Waals surface area contributed by atoms with E-state index in [1.54, 1.807) is 0 Å². The Balaban J connectivity index is 1.30. The van der Waals surface area contributed by atoms with E-state index in [1.807, 2.05) is 54.9 Å². The predicted octanol–water partition coefficient (Wildman–Crippen LogP) is 10.4. The molecule has 0 atom stereocenters. The van der Waals surface area contributed by atoms with E-state index in [1.165, 1.54) is 27.2 Å². The molecule has 0 aliphatic carbocycles. The van der Waals surface area contributed by atoms with Gasteiger partial charge in [-0.05, 0) is 91.3 Å². The topological polar surface area (TPSA) is 44.9 Å². The van der Waals surface area contributed by atoms with Crippen LogP contribution in [0, 0.1) is 6.92 Å². The van der Waals surface area contributed by atoms with Crippen LogP contribution in [0.5, 0.6) is 11.5 Å². The van der Waals surface area contributed by atoms with Crippen molar-refractivity contribution in [3.8, 4) is 34.3 Å². The SMILES string of the molecule is Cc1ccnc(-n2c3cc(Oc4cccc(-c5ccccn5)c4)ccc3c3c4c5ccccc5n(-c5ccccc5)c4ccc32)c1. The van der Waals surface area contributed by atoms with Crippen molar-refractivity contribution in [2.75, 3.05) is 0 Å². The summed E-state index contributed by atoms with van der Waals surface area (Å²) in [5.74, 6) is 2.39. The van der Waals surface area contributed by atoms with Crippen molar-refractivity contribution in [1.29, 1.82) is 0 Å². The Bertz CT molecular complexity index is 2560. The van der Waals surface area contributed by atoms with Crippen LogP contribution in [0.25, 0.3) is 66.4 Å². The minimum absolute atomic E-state index is 0.755. The van der Waals surface area contributed by atoms with Crippen molar-refractivity contribution >= 4 is 43.6 Å². The molecule has 218 valence electrons. The lowest BCUT2D eigenvalue weighted by molar-refractivity contribution is 0.483. The normalized spacial score (nSPS) is 11.6. The van der Waals surface area contributed by atoms with Gasteiger partial charge in [-0.15, -0.1) is 0 Å². The monoisotopic (exact) mass is 592 g/mol. The molecule has 5 nitrogen and oxygen atoms in total. The average Bonchev–Trinajstić information content (AvgIpc) is 3.61. The molecule has 0 radical (unpaired) electrons. The molecule has 0 amide bonds. The number of benzene rings is 5. The molecule has 46 heavy (non-hydrogen) atoms. The molecular formula is C41H28N4O. The van der Waals surface area contributed by atoms with Crippen LogP contribution < -0.4 is 4.74 Å². The molecule has 0 unspecified atom stereocenters. The first kappa shape index (κ1) is 26.2. The van der Waals surface area contributed by atoms with Crippen LogP contribution in [0.3, 0.4) is 0 Å². The van der Waals surface area contributed by atoms with E-state index < -0.39 is 0 Å². The lowest BCUT2D eigenvalue weighted by Gasteiger charge is -2.10. The van der Waals surface area contributed by atoms with E-state index in [0.29, 0.717) is 0 Å². The third-order valence-electron chi connectivity index (χ3n) is 8.71. The van der Waals surface area contributed by atoms with Crippen molar-refractivity contribution < 1.29 is 4.74 Å². The summed E-state index contributed by atoms with van der Waals surface area (Å²) < 4.78 is 11.1. The van der Waals surface area contributed by atoms with Gasteiger partial charge in [0.2, 0.25) is 0 Å². The summed E-state index contributed by atoms with van der Waals surface area (Å²) in [5, 5.41) is 4.79. The van der Waals surface area contributed by atoms with Gasteiger partial charge in [0.05, 0.1) is 27.8 Å². The highest BCUT2D eigenvalue weighted by molar-refractivity contribution is 6.28. The van der Waals surface area contributed by atoms with Gasteiger partial charge in [-0.2, -0.15) is 0 Å². The molecule has 0 bridgehead atoms. The molecule has 0 N–H and O–H groups in total. The van der Waals surface area contributed by atoms with Gasteiger partial charge in [0, 0.05) is 51.3 Å². The van der Waals surface area contributed by atoms with Gasteiger partial charge in [0.15, 0.2) is 0 Å².